The number of thiazole rings is 1. The van der Waals surface area contributed by atoms with Gasteiger partial charge in [-0.15, -0.1) is 0 Å². The number of hydrogen-bond donors (Lipinski definition) is 1. The molecule has 17 heavy (non-hydrogen) atoms. The molecule has 2 rings (SSSR count). The maximum Gasteiger partial charge on any atom is 0.185 e. The number of nitrogens with one attached hydrogen (secondary N) is 1. The Bertz CT molecular complexity index is 556. The Morgan fingerprint density at radius 2 is 2.35 bits per heavy atom. The van der Waals surface area contributed by atoms with E-state index in [1.807, 2.05) is 31.3 Å². The molecular formula is C11H9ClN4S. The average molecular weight is 265 g/mol. The van der Waals surface area contributed by atoms with Gasteiger partial charge in [-0.25, -0.2) is 4.98 Å². The highest BCUT2D eigenvalue weighted by molar-refractivity contribution is 7.16. The molecule has 0 saturated heterocycles. The van der Waals surface area contributed by atoms with Gasteiger partial charge >= 0.3 is 0 Å². The second-order valence-corrected chi connectivity index (χ2v) is 4.77. The van der Waals surface area contributed by atoms with E-state index < -0.39 is 0 Å². The maximum absolute atomic E-state index is 8.75. The van der Waals surface area contributed by atoms with Crippen molar-refractivity contribution in [1.82, 2.24) is 9.97 Å². The fourth-order valence-electron chi connectivity index (χ4n) is 1.23. The molecule has 0 aliphatic carbocycles. The van der Waals surface area contributed by atoms with Crippen LogP contribution in [0, 0.1) is 18.3 Å². The predicted molar refractivity (Wildman–Crippen MR) is 68.1 cm³/mol. The molecular weight excluding hydrogens is 256 g/mol. The number of pyridine rings is 1. The lowest BCUT2D eigenvalue weighted by atomic mass is 10.2. The fourth-order valence-corrected chi connectivity index (χ4v) is 2.17. The Labute approximate surface area is 108 Å². The van der Waals surface area contributed by atoms with E-state index in [1.165, 1.54) is 11.3 Å². The largest absolute Gasteiger partial charge is 0.357 e. The molecule has 0 bridgehead atoms. The van der Waals surface area contributed by atoms with Gasteiger partial charge in [-0.3, -0.25) is 4.98 Å². The number of halogens is 1. The van der Waals surface area contributed by atoms with Crippen LogP contribution in [0.15, 0.2) is 18.3 Å². The summed E-state index contributed by atoms with van der Waals surface area (Å²) in [5, 5.41) is 12.8. The van der Waals surface area contributed by atoms with Crippen molar-refractivity contribution in [3.8, 4) is 6.07 Å². The van der Waals surface area contributed by atoms with Gasteiger partial charge in [0.05, 0.1) is 0 Å². The van der Waals surface area contributed by atoms with E-state index in [1.54, 1.807) is 0 Å². The highest BCUT2D eigenvalue weighted by Gasteiger charge is 2.07. The molecule has 86 valence electrons. The molecule has 0 amide bonds. The summed E-state index contributed by atoms with van der Waals surface area (Å²) < 4.78 is 0. The molecule has 4 nitrogen and oxygen atoms in total. The standard InChI is InChI=1S/C11H9ClN4S/c1-7-2-3-8(5-14-7)6-15-11-16-10(12)9(4-13)17-11/h2-3,5H,6H2,1H3,(H,15,16). The molecule has 0 unspecified atom stereocenters. The highest BCUT2D eigenvalue weighted by Crippen LogP contribution is 2.26. The van der Waals surface area contributed by atoms with E-state index in [9.17, 15) is 0 Å². The Morgan fingerprint density at radius 1 is 1.53 bits per heavy atom. The van der Waals surface area contributed by atoms with E-state index in [-0.39, 0.29) is 5.15 Å². The smallest absolute Gasteiger partial charge is 0.185 e. The van der Waals surface area contributed by atoms with Gasteiger partial charge in [-0.05, 0) is 18.6 Å². The van der Waals surface area contributed by atoms with Crippen LogP contribution in [0.5, 0.6) is 0 Å². The van der Waals surface area contributed by atoms with Crippen LogP contribution < -0.4 is 5.32 Å². The lowest BCUT2D eigenvalue weighted by Crippen LogP contribution is -1.99. The lowest BCUT2D eigenvalue weighted by Gasteiger charge is -2.02. The summed E-state index contributed by atoms with van der Waals surface area (Å²) in [4.78, 5) is 8.67. The topological polar surface area (TPSA) is 61.6 Å². The second-order valence-electron chi connectivity index (χ2n) is 3.41. The Kier molecular flexibility index (Phi) is 3.57. The van der Waals surface area contributed by atoms with Crippen molar-refractivity contribution in [2.75, 3.05) is 5.32 Å². The molecule has 0 radical (unpaired) electrons. The van der Waals surface area contributed by atoms with Gasteiger partial charge in [0.2, 0.25) is 0 Å². The molecule has 0 aliphatic heterocycles. The summed E-state index contributed by atoms with van der Waals surface area (Å²) in [6.45, 7) is 2.55. The SMILES string of the molecule is Cc1ccc(CNc2nc(Cl)c(C#N)s2)cn1. The molecule has 0 aromatic carbocycles. The third-order valence-corrected chi connectivity index (χ3v) is 3.41. The van der Waals surface area contributed by atoms with Crippen LogP contribution in [-0.4, -0.2) is 9.97 Å². The molecule has 0 aliphatic rings. The minimum atomic E-state index is 0.252. The van der Waals surface area contributed by atoms with Crippen molar-refractivity contribution in [3.05, 3.63) is 39.6 Å². The fraction of sp³-hybridized carbons (Fsp3) is 0.182. The van der Waals surface area contributed by atoms with Crippen LogP contribution in [0.4, 0.5) is 5.13 Å². The number of rotatable bonds is 3. The minimum absolute atomic E-state index is 0.252. The number of hydrogen-bond acceptors (Lipinski definition) is 5. The van der Waals surface area contributed by atoms with Crippen molar-refractivity contribution < 1.29 is 0 Å². The third kappa shape index (κ3) is 2.93. The predicted octanol–water partition coefficient (Wildman–Crippen LogP) is 2.98. The zero-order valence-corrected chi connectivity index (χ0v) is 10.6. The number of aromatic nitrogens is 2. The van der Waals surface area contributed by atoms with Crippen LogP contribution in [-0.2, 0) is 6.54 Å². The lowest BCUT2D eigenvalue weighted by molar-refractivity contribution is 1.08. The normalized spacial score (nSPS) is 9.94. The summed E-state index contributed by atoms with van der Waals surface area (Å²) in [7, 11) is 0. The molecule has 6 heteroatoms. The zero-order chi connectivity index (χ0) is 12.3. The Balaban J connectivity index is 2.02. The maximum atomic E-state index is 8.75. The minimum Gasteiger partial charge on any atom is -0.357 e. The van der Waals surface area contributed by atoms with Gasteiger partial charge in [-0.1, -0.05) is 29.0 Å². The summed E-state index contributed by atoms with van der Waals surface area (Å²) in [5.74, 6) is 0. The van der Waals surface area contributed by atoms with Crippen LogP contribution >= 0.6 is 22.9 Å². The number of nitriles is 1. The van der Waals surface area contributed by atoms with Crippen LogP contribution in [0.25, 0.3) is 0 Å². The van der Waals surface area contributed by atoms with Crippen molar-refractivity contribution in [2.45, 2.75) is 13.5 Å². The number of anilines is 1. The van der Waals surface area contributed by atoms with Gasteiger partial charge in [-0.2, -0.15) is 5.26 Å². The Hall–Kier alpha value is -1.64. The van der Waals surface area contributed by atoms with Gasteiger partial charge in [0.15, 0.2) is 10.3 Å². The van der Waals surface area contributed by atoms with Crippen molar-refractivity contribution >= 4 is 28.1 Å². The van der Waals surface area contributed by atoms with E-state index >= 15 is 0 Å². The number of nitrogens with zero attached hydrogens (tertiary/aromatic N) is 3. The van der Waals surface area contributed by atoms with E-state index in [0.717, 1.165) is 11.3 Å². The second kappa shape index (κ2) is 5.13. The monoisotopic (exact) mass is 264 g/mol. The summed E-state index contributed by atoms with van der Waals surface area (Å²) in [5.41, 5.74) is 2.04. The van der Waals surface area contributed by atoms with E-state index in [2.05, 4.69) is 15.3 Å². The summed E-state index contributed by atoms with van der Waals surface area (Å²) >= 11 is 7.02. The van der Waals surface area contributed by atoms with E-state index in [0.29, 0.717) is 16.6 Å². The Morgan fingerprint density at radius 3 is 2.94 bits per heavy atom. The first-order valence-corrected chi connectivity index (χ1v) is 6.10. The van der Waals surface area contributed by atoms with Gasteiger partial charge in [0.25, 0.3) is 0 Å². The third-order valence-electron chi connectivity index (χ3n) is 2.10. The van der Waals surface area contributed by atoms with Crippen LogP contribution in [0.3, 0.4) is 0 Å². The molecule has 0 fully saturated rings. The summed E-state index contributed by atoms with van der Waals surface area (Å²) in [6.07, 6.45) is 1.81. The molecule has 0 atom stereocenters. The molecule has 2 aromatic heterocycles. The van der Waals surface area contributed by atoms with Gasteiger partial charge in [0, 0.05) is 18.4 Å². The molecule has 0 saturated carbocycles. The highest BCUT2D eigenvalue weighted by atomic mass is 35.5. The van der Waals surface area contributed by atoms with Crippen molar-refractivity contribution in [1.29, 1.82) is 5.26 Å². The first-order valence-electron chi connectivity index (χ1n) is 4.91. The van der Waals surface area contributed by atoms with Crippen LogP contribution in [0.2, 0.25) is 5.15 Å². The number of aryl methyl sites for hydroxylation is 1. The molecule has 2 heterocycles. The quantitative estimate of drug-likeness (QED) is 0.926. The van der Waals surface area contributed by atoms with Crippen molar-refractivity contribution in [2.24, 2.45) is 0 Å². The van der Waals surface area contributed by atoms with Gasteiger partial charge < -0.3 is 5.32 Å². The van der Waals surface area contributed by atoms with Crippen LogP contribution in [0.1, 0.15) is 16.1 Å². The van der Waals surface area contributed by atoms with E-state index in [4.69, 9.17) is 16.9 Å². The molecule has 0 spiro atoms. The van der Waals surface area contributed by atoms with Crippen molar-refractivity contribution in [3.63, 3.8) is 0 Å². The summed E-state index contributed by atoms with van der Waals surface area (Å²) in [6, 6.07) is 5.94. The first kappa shape index (κ1) is 11.8. The molecule has 1 N–H and O–H groups in total. The first-order chi connectivity index (χ1) is 8.19. The van der Waals surface area contributed by atoms with Gasteiger partial charge in [0.1, 0.15) is 10.9 Å². The average Bonchev–Trinajstić information content (AvgIpc) is 2.69. The zero-order valence-electron chi connectivity index (χ0n) is 9.07. The molecule has 2 aromatic rings.